The van der Waals surface area contributed by atoms with Crippen molar-refractivity contribution in [2.45, 2.75) is 0 Å². The minimum atomic E-state index is -0.472. The smallest absolute Gasteiger partial charge is 0.295 e. The van der Waals surface area contributed by atoms with Gasteiger partial charge in [0.1, 0.15) is 11.9 Å². The van der Waals surface area contributed by atoms with Crippen LogP contribution in [0.15, 0.2) is 36.7 Å². The molecule has 0 spiro atoms. The standard InChI is InChI=1S/C12H9ClN2O3/c1-18-12-3-2-8(6-10(12)13)9-4-5-14-7-11(9)15(16)17/h2-7H,1H3. The number of benzene rings is 1. The summed E-state index contributed by atoms with van der Waals surface area (Å²) in [6.07, 6.45) is 2.72. The number of ether oxygens (including phenoxy) is 1. The molecule has 0 amide bonds. The van der Waals surface area contributed by atoms with E-state index in [9.17, 15) is 10.1 Å². The van der Waals surface area contributed by atoms with E-state index in [1.165, 1.54) is 19.5 Å². The molecule has 0 saturated carbocycles. The molecule has 0 N–H and O–H groups in total. The van der Waals surface area contributed by atoms with Crippen molar-refractivity contribution in [1.82, 2.24) is 4.98 Å². The van der Waals surface area contributed by atoms with E-state index >= 15 is 0 Å². The zero-order valence-corrected chi connectivity index (χ0v) is 10.2. The van der Waals surface area contributed by atoms with Crippen LogP contribution in [-0.2, 0) is 0 Å². The molecule has 0 aliphatic heterocycles. The molecular weight excluding hydrogens is 256 g/mol. The summed E-state index contributed by atoms with van der Waals surface area (Å²) < 4.78 is 5.04. The third-order valence-electron chi connectivity index (χ3n) is 2.46. The highest BCUT2D eigenvalue weighted by atomic mass is 35.5. The van der Waals surface area contributed by atoms with E-state index in [4.69, 9.17) is 16.3 Å². The highest BCUT2D eigenvalue weighted by Crippen LogP contribution is 2.33. The lowest BCUT2D eigenvalue weighted by Gasteiger charge is -2.06. The Kier molecular flexibility index (Phi) is 3.43. The first-order chi connectivity index (χ1) is 8.63. The summed E-state index contributed by atoms with van der Waals surface area (Å²) in [7, 11) is 1.51. The molecule has 0 aliphatic rings. The van der Waals surface area contributed by atoms with Crippen LogP contribution in [0, 0.1) is 10.1 Å². The maximum absolute atomic E-state index is 10.9. The molecule has 5 nitrogen and oxygen atoms in total. The van der Waals surface area contributed by atoms with Crippen LogP contribution in [0.5, 0.6) is 5.75 Å². The lowest BCUT2D eigenvalue weighted by Crippen LogP contribution is -1.93. The van der Waals surface area contributed by atoms with Crippen LogP contribution in [0.1, 0.15) is 0 Å². The third-order valence-corrected chi connectivity index (χ3v) is 2.75. The van der Waals surface area contributed by atoms with Gasteiger partial charge in [-0.25, -0.2) is 0 Å². The Balaban J connectivity index is 2.55. The maximum atomic E-state index is 10.9. The van der Waals surface area contributed by atoms with Gasteiger partial charge >= 0.3 is 0 Å². The van der Waals surface area contributed by atoms with Crippen LogP contribution in [0.25, 0.3) is 11.1 Å². The summed E-state index contributed by atoms with van der Waals surface area (Å²) in [5.41, 5.74) is 1.06. The molecule has 0 saturated heterocycles. The van der Waals surface area contributed by atoms with Crippen LogP contribution >= 0.6 is 11.6 Å². The molecule has 0 unspecified atom stereocenters. The lowest BCUT2D eigenvalue weighted by molar-refractivity contribution is -0.384. The van der Waals surface area contributed by atoms with Crippen molar-refractivity contribution in [2.75, 3.05) is 7.11 Å². The first kappa shape index (κ1) is 12.3. The van der Waals surface area contributed by atoms with Crippen LogP contribution in [-0.4, -0.2) is 17.0 Å². The van der Waals surface area contributed by atoms with Gasteiger partial charge in [-0.1, -0.05) is 17.7 Å². The molecule has 18 heavy (non-hydrogen) atoms. The number of nitrogens with zero attached hydrogens (tertiary/aromatic N) is 2. The number of aromatic nitrogens is 1. The van der Waals surface area contributed by atoms with E-state index in [-0.39, 0.29) is 5.69 Å². The first-order valence-corrected chi connectivity index (χ1v) is 5.43. The molecule has 2 rings (SSSR count). The molecule has 0 fully saturated rings. The van der Waals surface area contributed by atoms with E-state index in [1.54, 1.807) is 24.3 Å². The van der Waals surface area contributed by atoms with Gasteiger partial charge < -0.3 is 4.74 Å². The average Bonchev–Trinajstić information content (AvgIpc) is 2.38. The SMILES string of the molecule is COc1ccc(-c2ccncc2[N+](=O)[O-])cc1Cl. The largest absolute Gasteiger partial charge is 0.495 e. The molecule has 1 aromatic heterocycles. The summed E-state index contributed by atoms with van der Waals surface area (Å²) in [5, 5.41) is 11.3. The predicted octanol–water partition coefficient (Wildman–Crippen LogP) is 3.32. The quantitative estimate of drug-likeness (QED) is 0.630. The summed E-state index contributed by atoms with van der Waals surface area (Å²) in [6.45, 7) is 0. The second-order valence-corrected chi connectivity index (χ2v) is 3.91. The highest BCUT2D eigenvalue weighted by molar-refractivity contribution is 6.32. The van der Waals surface area contributed by atoms with Gasteiger partial charge in [0.15, 0.2) is 0 Å². The third kappa shape index (κ3) is 2.26. The summed E-state index contributed by atoms with van der Waals surface area (Å²) in [6, 6.07) is 6.59. The van der Waals surface area contributed by atoms with Crippen molar-refractivity contribution in [3.63, 3.8) is 0 Å². The van der Waals surface area contributed by atoms with Gasteiger partial charge in [-0.3, -0.25) is 15.1 Å². The van der Waals surface area contributed by atoms with Gasteiger partial charge in [0, 0.05) is 6.20 Å². The second kappa shape index (κ2) is 5.01. The molecule has 0 radical (unpaired) electrons. The second-order valence-electron chi connectivity index (χ2n) is 3.50. The minimum absolute atomic E-state index is 0.0567. The highest BCUT2D eigenvalue weighted by Gasteiger charge is 2.15. The average molecular weight is 265 g/mol. The van der Waals surface area contributed by atoms with Gasteiger partial charge in [-0.15, -0.1) is 0 Å². The summed E-state index contributed by atoms with van der Waals surface area (Å²) in [4.78, 5) is 14.2. The van der Waals surface area contributed by atoms with E-state index in [0.717, 1.165) is 0 Å². The Hall–Kier alpha value is -2.14. The Bertz CT molecular complexity index is 602. The van der Waals surface area contributed by atoms with Crippen molar-refractivity contribution in [2.24, 2.45) is 0 Å². The molecule has 92 valence electrons. The maximum Gasteiger partial charge on any atom is 0.295 e. The van der Waals surface area contributed by atoms with Gasteiger partial charge in [0.2, 0.25) is 0 Å². The van der Waals surface area contributed by atoms with Gasteiger partial charge in [-0.2, -0.15) is 0 Å². The molecule has 0 atom stereocenters. The monoisotopic (exact) mass is 264 g/mol. The fourth-order valence-corrected chi connectivity index (χ4v) is 1.87. The molecule has 1 heterocycles. The van der Waals surface area contributed by atoms with Crippen LogP contribution in [0.2, 0.25) is 5.02 Å². The summed E-state index contributed by atoms with van der Waals surface area (Å²) in [5.74, 6) is 0.525. The molecule has 0 aliphatic carbocycles. The number of pyridine rings is 1. The Morgan fingerprint density at radius 3 is 2.78 bits per heavy atom. The molecular formula is C12H9ClN2O3. The fourth-order valence-electron chi connectivity index (χ4n) is 1.61. The lowest BCUT2D eigenvalue weighted by atomic mass is 10.1. The fraction of sp³-hybridized carbons (Fsp3) is 0.0833. The molecule has 0 bridgehead atoms. The topological polar surface area (TPSA) is 65.3 Å². The zero-order chi connectivity index (χ0) is 13.1. The number of hydrogen-bond acceptors (Lipinski definition) is 4. The number of rotatable bonds is 3. The Labute approximate surface area is 108 Å². The van der Waals surface area contributed by atoms with Gasteiger partial charge in [-0.05, 0) is 23.8 Å². The number of methoxy groups -OCH3 is 1. The first-order valence-electron chi connectivity index (χ1n) is 5.06. The van der Waals surface area contributed by atoms with Crippen molar-refractivity contribution in [3.05, 3.63) is 51.8 Å². The molecule has 6 heteroatoms. The van der Waals surface area contributed by atoms with Gasteiger partial charge in [0.05, 0.1) is 22.6 Å². The normalized spacial score (nSPS) is 10.1. The Morgan fingerprint density at radius 1 is 1.39 bits per heavy atom. The van der Waals surface area contributed by atoms with E-state index in [1.807, 2.05) is 0 Å². The minimum Gasteiger partial charge on any atom is -0.495 e. The van der Waals surface area contributed by atoms with Crippen LogP contribution in [0.4, 0.5) is 5.69 Å². The number of halogens is 1. The van der Waals surface area contributed by atoms with Crippen molar-refractivity contribution >= 4 is 17.3 Å². The number of nitro groups is 1. The molecule has 2 aromatic rings. The Morgan fingerprint density at radius 2 is 2.17 bits per heavy atom. The van der Waals surface area contributed by atoms with Crippen molar-refractivity contribution in [1.29, 1.82) is 0 Å². The van der Waals surface area contributed by atoms with E-state index < -0.39 is 4.92 Å². The summed E-state index contributed by atoms with van der Waals surface area (Å²) >= 11 is 6.00. The predicted molar refractivity (Wildman–Crippen MR) is 67.9 cm³/mol. The van der Waals surface area contributed by atoms with E-state index in [0.29, 0.717) is 21.9 Å². The van der Waals surface area contributed by atoms with Crippen LogP contribution < -0.4 is 4.74 Å². The van der Waals surface area contributed by atoms with Gasteiger partial charge in [0.25, 0.3) is 5.69 Å². The molecule has 1 aromatic carbocycles. The van der Waals surface area contributed by atoms with Crippen molar-refractivity contribution < 1.29 is 9.66 Å². The van der Waals surface area contributed by atoms with E-state index in [2.05, 4.69) is 4.98 Å². The zero-order valence-electron chi connectivity index (χ0n) is 9.46. The van der Waals surface area contributed by atoms with Crippen molar-refractivity contribution in [3.8, 4) is 16.9 Å². The van der Waals surface area contributed by atoms with Crippen LogP contribution in [0.3, 0.4) is 0 Å². The number of hydrogen-bond donors (Lipinski definition) is 0.